The van der Waals surface area contributed by atoms with Crippen LogP contribution in [0.5, 0.6) is 0 Å². The summed E-state index contributed by atoms with van der Waals surface area (Å²) in [6.45, 7) is 16.0. The van der Waals surface area contributed by atoms with Gasteiger partial charge in [0.25, 0.3) is 0 Å². The van der Waals surface area contributed by atoms with Crippen molar-refractivity contribution in [1.82, 2.24) is 10.2 Å². The fourth-order valence-electron chi connectivity index (χ4n) is 2.55. The molecular formula is C17H36N2O2. The normalized spacial score (nSPS) is 14.8. The number of ether oxygens (including phenoxy) is 1. The third-order valence-corrected chi connectivity index (χ3v) is 3.85. The molecule has 0 aromatic rings. The molecule has 0 aliphatic carbocycles. The van der Waals surface area contributed by atoms with E-state index in [0.29, 0.717) is 12.0 Å². The van der Waals surface area contributed by atoms with Crippen molar-refractivity contribution in [2.75, 3.05) is 26.7 Å². The highest BCUT2D eigenvalue weighted by Crippen LogP contribution is 2.16. The van der Waals surface area contributed by atoms with E-state index in [9.17, 15) is 4.79 Å². The second-order valence-electron chi connectivity index (χ2n) is 6.84. The Kier molecular flexibility index (Phi) is 9.88. The van der Waals surface area contributed by atoms with E-state index in [-0.39, 0.29) is 5.97 Å². The maximum atomic E-state index is 12.0. The third-order valence-electron chi connectivity index (χ3n) is 3.85. The van der Waals surface area contributed by atoms with Crippen molar-refractivity contribution in [1.29, 1.82) is 0 Å². The van der Waals surface area contributed by atoms with Gasteiger partial charge in [0.05, 0.1) is 7.11 Å². The minimum atomic E-state index is -0.564. The topological polar surface area (TPSA) is 41.6 Å². The number of rotatable bonds is 11. The summed E-state index contributed by atoms with van der Waals surface area (Å²) in [4.78, 5) is 14.5. The largest absolute Gasteiger partial charge is 0.468 e. The van der Waals surface area contributed by atoms with Crippen molar-refractivity contribution in [3.05, 3.63) is 0 Å². The van der Waals surface area contributed by atoms with Crippen LogP contribution >= 0.6 is 0 Å². The van der Waals surface area contributed by atoms with Crippen molar-refractivity contribution in [3.8, 4) is 0 Å². The van der Waals surface area contributed by atoms with Gasteiger partial charge >= 0.3 is 5.97 Å². The van der Waals surface area contributed by atoms with Gasteiger partial charge in [-0.25, -0.2) is 0 Å². The van der Waals surface area contributed by atoms with Crippen LogP contribution in [-0.2, 0) is 9.53 Å². The fourth-order valence-corrected chi connectivity index (χ4v) is 2.55. The lowest BCUT2D eigenvalue weighted by Gasteiger charge is -2.31. The monoisotopic (exact) mass is 300 g/mol. The molecule has 1 N–H and O–H groups in total. The Labute approximate surface area is 131 Å². The zero-order valence-corrected chi connectivity index (χ0v) is 15.2. The average Bonchev–Trinajstić information content (AvgIpc) is 2.42. The number of carbonyl (C=O) groups is 1. The molecule has 0 aliphatic heterocycles. The first kappa shape index (κ1) is 20.4. The molecule has 0 aromatic heterocycles. The summed E-state index contributed by atoms with van der Waals surface area (Å²) in [5.74, 6) is 0.508. The lowest BCUT2D eigenvalue weighted by molar-refractivity contribution is -0.148. The fraction of sp³-hybridized carbons (Fsp3) is 0.941. The number of esters is 1. The summed E-state index contributed by atoms with van der Waals surface area (Å²) in [6.07, 6.45) is 2.81. The van der Waals surface area contributed by atoms with Gasteiger partial charge in [0, 0.05) is 12.6 Å². The van der Waals surface area contributed by atoms with E-state index >= 15 is 0 Å². The Morgan fingerprint density at radius 2 is 1.90 bits per heavy atom. The van der Waals surface area contributed by atoms with Crippen molar-refractivity contribution < 1.29 is 9.53 Å². The minimum absolute atomic E-state index is 0.157. The summed E-state index contributed by atoms with van der Waals surface area (Å²) in [6, 6.07) is 0.542. The average molecular weight is 300 g/mol. The van der Waals surface area contributed by atoms with Crippen molar-refractivity contribution >= 4 is 5.97 Å². The summed E-state index contributed by atoms with van der Waals surface area (Å²) < 4.78 is 4.97. The van der Waals surface area contributed by atoms with Crippen LogP contribution < -0.4 is 5.32 Å². The molecule has 21 heavy (non-hydrogen) atoms. The number of nitrogens with one attached hydrogen (secondary N) is 1. The summed E-state index contributed by atoms with van der Waals surface area (Å²) in [5, 5.41) is 3.35. The lowest BCUT2D eigenvalue weighted by atomic mass is 9.95. The van der Waals surface area contributed by atoms with E-state index in [4.69, 9.17) is 4.74 Å². The maximum Gasteiger partial charge on any atom is 0.325 e. The first-order chi connectivity index (χ1) is 9.76. The predicted molar refractivity (Wildman–Crippen MR) is 89.5 cm³/mol. The van der Waals surface area contributed by atoms with Gasteiger partial charge in [-0.2, -0.15) is 0 Å². The van der Waals surface area contributed by atoms with Crippen LogP contribution in [0.3, 0.4) is 0 Å². The highest BCUT2D eigenvalue weighted by molar-refractivity contribution is 5.80. The van der Waals surface area contributed by atoms with E-state index in [1.54, 1.807) is 0 Å². The molecule has 0 radical (unpaired) electrons. The molecule has 0 spiro atoms. The van der Waals surface area contributed by atoms with Crippen LogP contribution in [0.4, 0.5) is 0 Å². The Morgan fingerprint density at radius 3 is 2.33 bits per heavy atom. The predicted octanol–water partition coefficient (Wildman–Crippen LogP) is 3.06. The zero-order chi connectivity index (χ0) is 16.5. The Bertz CT molecular complexity index is 293. The molecular weight excluding hydrogens is 264 g/mol. The van der Waals surface area contributed by atoms with Crippen molar-refractivity contribution in [2.45, 2.75) is 72.4 Å². The van der Waals surface area contributed by atoms with Gasteiger partial charge in [0.2, 0.25) is 0 Å². The Morgan fingerprint density at radius 1 is 1.29 bits per heavy atom. The molecule has 0 amide bonds. The van der Waals surface area contributed by atoms with Crippen LogP contribution in [0.15, 0.2) is 0 Å². The first-order valence-electron chi connectivity index (χ1n) is 8.34. The molecule has 0 heterocycles. The quantitative estimate of drug-likeness (QED) is 0.595. The standard InChI is InChI=1S/C17H36N2O2/c1-8-11-18-17(6,16(20)21-7)10-9-12-19(15(4)5)13-14(2)3/h14-15,18H,8-13H2,1-7H3. The van der Waals surface area contributed by atoms with Gasteiger partial charge in [0.1, 0.15) is 5.54 Å². The molecule has 0 saturated heterocycles. The molecule has 0 fully saturated rings. The maximum absolute atomic E-state index is 12.0. The number of nitrogens with zero attached hydrogens (tertiary/aromatic N) is 1. The summed E-state index contributed by atoms with van der Waals surface area (Å²) in [7, 11) is 1.47. The van der Waals surface area contributed by atoms with Gasteiger partial charge in [-0.15, -0.1) is 0 Å². The molecule has 0 aromatic carbocycles. The van der Waals surface area contributed by atoms with Crippen LogP contribution in [0, 0.1) is 5.92 Å². The highest BCUT2D eigenvalue weighted by atomic mass is 16.5. The number of hydrogen-bond donors (Lipinski definition) is 1. The van der Waals surface area contributed by atoms with Crippen molar-refractivity contribution in [3.63, 3.8) is 0 Å². The smallest absolute Gasteiger partial charge is 0.325 e. The second kappa shape index (κ2) is 10.2. The van der Waals surface area contributed by atoms with E-state index in [2.05, 4.69) is 44.8 Å². The van der Waals surface area contributed by atoms with Gasteiger partial charge < -0.3 is 15.0 Å². The molecule has 126 valence electrons. The minimum Gasteiger partial charge on any atom is -0.468 e. The van der Waals surface area contributed by atoms with Gasteiger partial charge in [-0.3, -0.25) is 4.79 Å². The molecule has 1 unspecified atom stereocenters. The van der Waals surface area contributed by atoms with Crippen molar-refractivity contribution in [2.24, 2.45) is 5.92 Å². The third kappa shape index (κ3) is 7.82. The molecule has 0 saturated carbocycles. The number of hydrogen-bond acceptors (Lipinski definition) is 4. The number of carbonyl (C=O) groups excluding carboxylic acids is 1. The molecule has 4 nitrogen and oxygen atoms in total. The molecule has 4 heteroatoms. The molecule has 1 atom stereocenters. The van der Waals surface area contributed by atoms with Crippen LogP contribution in [0.1, 0.15) is 60.8 Å². The van der Waals surface area contributed by atoms with Crippen LogP contribution in [-0.4, -0.2) is 49.2 Å². The summed E-state index contributed by atoms with van der Waals surface area (Å²) >= 11 is 0. The van der Waals surface area contributed by atoms with E-state index in [1.165, 1.54) is 7.11 Å². The van der Waals surface area contributed by atoms with E-state index < -0.39 is 5.54 Å². The molecule has 0 rings (SSSR count). The lowest BCUT2D eigenvalue weighted by Crippen LogP contribution is -2.51. The SMILES string of the molecule is CCCNC(C)(CCCN(CC(C)C)C(C)C)C(=O)OC. The van der Waals surface area contributed by atoms with Gasteiger partial charge in [-0.1, -0.05) is 20.8 Å². The van der Waals surface area contributed by atoms with Gasteiger partial charge in [0.15, 0.2) is 0 Å². The Balaban J connectivity index is 4.49. The van der Waals surface area contributed by atoms with E-state index in [0.717, 1.165) is 38.9 Å². The zero-order valence-electron chi connectivity index (χ0n) is 15.2. The summed E-state index contributed by atoms with van der Waals surface area (Å²) in [5.41, 5.74) is -0.564. The molecule has 0 aliphatic rings. The van der Waals surface area contributed by atoms with Crippen LogP contribution in [0.25, 0.3) is 0 Å². The highest BCUT2D eigenvalue weighted by Gasteiger charge is 2.33. The first-order valence-corrected chi connectivity index (χ1v) is 8.34. The number of methoxy groups -OCH3 is 1. The molecule has 0 bridgehead atoms. The van der Waals surface area contributed by atoms with Gasteiger partial charge in [-0.05, 0) is 59.0 Å². The second-order valence-corrected chi connectivity index (χ2v) is 6.84. The van der Waals surface area contributed by atoms with E-state index in [1.807, 2.05) is 6.92 Å². The Hall–Kier alpha value is -0.610. The van der Waals surface area contributed by atoms with Crippen LogP contribution in [0.2, 0.25) is 0 Å².